The van der Waals surface area contributed by atoms with Crippen LogP contribution in [0.1, 0.15) is 15.9 Å². The largest absolute Gasteiger partial charge is 0.478 e. The first-order valence-corrected chi connectivity index (χ1v) is 6.14. The highest BCUT2D eigenvalue weighted by atomic mass is 19.1. The molecule has 0 spiro atoms. The highest BCUT2D eigenvalue weighted by Crippen LogP contribution is 2.11. The molecular weight excluding hydrogens is 277 g/mol. The van der Waals surface area contributed by atoms with Gasteiger partial charge in [0, 0.05) is 20.2 Å². The van der Waals surface area contributed by atoms with E-state index in [2.05, 4.69) is 5.10 Å². The van der Waals surface area contributed by atoms with Crippen molar-refractivity contribution in [1.29, 1.82) is 0 Å². The number of carboxylic acid groups (broad SMARTS) is 1. The molecule has 6 nitrogen and oxygen atoms in total. The monoisotopic (exact) mass is 291 g/mol. The smallest absolute Gasteiger partial charge is 0.338 e. The molecule has 7 heteroatoms. The maximum atomic E-state index is 13.6. The van der Waals surface area contributed by atoms with Gasteiger partial charge in [0.15, 0.2) is 0 Å². The van der Waals surface area contributed by atoms with Crippen molar-refractivity contribution < 1.29 is 14.3 Å². The van der Waals surface area contributed by atoms with Gasteiger partial charge in [-0.3, -0.25) is 4.79 Å². The molecule has 0 saturated carbocycles. The number of benzene rings is 1. The predicted octanol–water partition coefficient (Wildman–Crippen LogP) is 1.19. The molecule has 0 atom stereocenters. The lowest BCUT2D eigenvalue weighted by molar-refractivity contribution is 0.0692. The first-order valence-electron chi connectivity index (χ1n) is 6.14. The molecule has 2 rings (SSSR count). The zero-order valence-electron chi connectivity index (χ0n) is 11.6. The van der Waals surface area contributed by atoms with E-state index in [4.69, 9.17) is 5.11 Å². The summed E-state index contributed by atoms with van der Waals surface area (Å²) >= 11 is 0. The molecule has 0 radical (unpaired) electrons. The maximum absolute atomic E-state index is 13.6. The van der Waals surface area contributed by atoms with E-state index < -0.39 is 17.3 Å². The van der Waals surface area contributed by atoms with Crippen molar-refractivity contribution in [2.24, 2.45) is 0 Å². The molecular formula is C14H14FN3O3. The second-order valence-electron chi connectivity index (χ2n) is 4.72. The molecule has 1 aromatic heterocycles. The van der Waals surface area contributed by atoms with Gasteiger partial charge in [-0.15, -0.1) is 0 Å². The van der Waals surface area contributed by atoms with Gasteiger partial charge in [0.2, 0.25) is 0 Å². The Morgan fingerprint density at radius 3 is 2.62 bits per heavy atom. The van der Waals surface area contributed by atoms with E-state index in [1.165, 1.54) is 29.1 Å². The van der Waals surface area contributed by atoms with Crippen molar-refractivity contribution in [2.45, 2.75) is 6.54 Å². The van der Waals surface area contributed by atoms with Crippen molar-refractivity contribution in [3.63, 3.8) is 0 Å². The number of carbonyl (C=O) groups is 1. The molecule has 0 aliphatic rings. The van der Waals surface area contributed by atoms with Crippen LogP contribution in [0.3, 0.4) is 0 Å². The Bertz CT molecular complexity index is 740. The van der Waals surface area contributed by atoms with Gasteiger partial charge in [0.1, 0.15) is 5.82 Å². The van der Waals surface area contributed by atoms with E-state index in [1.54, 1.807) is 19.0 Å². The van der Waals surface area contributed by atoms with Crippen molar-refractivity contribution >= 4 is 11.7 Å². The third-order valence-corrected chi connectivity index (χ3v) is 2.97. The van der Waals surface area contributed by atoms with Gasteiger partial charge >= 0.3 is 5.97 Å². The number of aromatic carboxylic acids is 1. The molecule has 0 bridgehead atoms. The van der Waals surface area contributed by atoms with Gasteiger partial charge in [-0.25, -0.2) is 13.9 Å². The number of carboxylic acids is 1. The van der Waals surface area contributed by atoms with Crippen molar-refractivity contribution in [3.8, 4) is 0 Å². The number of hydrogen-bond donors (Lipinski definition) is 1. The quantitative estimate of drug-likeness (QED) is 0.916. The average molecular weight is 291 g/mol. The molecule has 110 valence electrons. The lowest BCUT2D eigenvalue weighted by Gasteiger charge is -2.12. The Kier molecular flexibility index (Phi) is 4.02. The number of halogens is 1. The Hall–Kier alpha value is -2.70. The second kappa shape index (κ2) is 5.74. The molecule has 1 N–H and O–H groups in total. The van der Waals surface area contributed by atoms with Crippen LogP contribution >= 0.6 is 0 Å². The van der Waals surface area contributed by atoms with E-state index in [0.29, 0.717) is 11.3 Å². The highest BCUT2D eigenvalue weighted by molar-refractivity contribution is 5.87. The van der Waals surface area contributed by atoms with Crippen molar-refractivity contribution in [3.05, 3.63) is 57.8 Å². The third-order valence-electron chi connectivity index (χ3n) is 2.97. The fourth-order valence-corrected chi connectivity index (χ4v) is 1.79. The topological polar surface area (TPSA) is 75.4 Å². The van der Waals surface area contributed by atoms with E-state index in [1.807, 2.05) is 0 Å². The molecule has 0 aliphatic carbocycles. The van der Waals surface area contributed by atoms with E-state index in [-0.39, 0.29) is 12.1 Å². The lowest BCUT2D eigenvalue weighted by atomic mass is 10.1. The van der Waals surface area contributed by atoms with Gasteiger partial charge in [-0.1, -0.05) is 6.07 Å². The minimum Gasteiger partial charge on any atom is -0.478 e. The molecule has 0 unspecified atom stereocenters. The van der Waals surface area contributed by atoms with Crippen LogP contribution in [-0.4, -0.2) is 35.0 Å². The Morgan fingerprint density at radius 1 is 1.38 bits per heavy atom. The average Bonchev–Trinajstić information content (AvgIpc) is 2.40. The SMILES string of the molecule is CN(C)c1cnn(Cc2ccc(C(=O)O)c(F)c2)c(=O)c1. The lowest BCUT2D eigenvalue weighted by Crippen LogP contribution is -2.24. The normalized spacial score (nSPS) is 10.4. The molecule has 21 heavy (non-hydrogen) atoms. The van der Waals surface area contributed by atoms with Crippen LogP contribution < -0.4 is 10.5 Å². The van der Waals surface area contributed by atoms with Crippen LogP contribution in [0.2, 0.25) is 0 Å². The molecule has 0 saturated heterocycles. The summed E-state index contributed by atoms with van der Waals surface area (Å²) in [5, 5.41) is 12.8. The zero-order valence-corrected chi connectivity index (χ0v) is 11.6. The summed E-state index contributed by atoms with van der Waals surface area (Å²) in [5.74, 6) is -2.16. The van der Waals surface area contributed by atoms with E-state index in [9.17, 15) is 14.0 Å². The third kappa shape index (κ3) is 3.25. The van der Waals surface area contributed by atoms with Gasteiger partial charge in [0.05, 0.1) is 24.0 Å². The molecule has 1 heterocycles. The summed E-state index contributed by atoms with van der Waals surface area (Å²) in [7, 11) is 3.58. The predicted molar refractivity (Wildman–Crippen MR) is 75.3 cm³/mol. The molecule has 1 aromatic carbocycles. The molecule has 0 aliphatic heterocycles. The molecule has 0 fully saturated rings. The zero-order chi connectivity index (χ0) is 15.6. The minimum atomic E-state index is -1.33. The highest BCUT2D eigenvalue weighted by Gasteiger charge is 2.11. The van der Waals surface area contributed by atoms with Gasteiger partial charge < -0.3 is 10.0 Å². The summed E-state index contributed by atoms with van der Waals surface area (Å²) in [5.41, 5.74) is 0.416. The summed E-state index contributed by atoms with van der Waals surface area (Å²) < 4.78 is 14.8. The first-order chi connectivity index (χ1) is 9.88. The van der Waals surface area contributed by atoms with Crippen LogP contribution in [0.4, 0.5) is 10.1 Å². The van der Waals surface area contributed by atoms with E-state index in [0.717, 1.165) is 6.07 Å². The van der Waals surface area contributed by atoms with Gasteiger partial charge in [0.25, 0.3) is 5.56 Å². The number of nitrogens with zero attached hydrogens (tertiary/aromatic N) is 3. The number of anilines is 1. The first kappa shape index (κ1) is 14.7. The minimum absolute atomic E-state index is 0.0728. The van der Waals surface area contributed by atoms with Gasteiger partial charge in [-0.2, -0.15) is 5.10 Å². The molecule has 2 aromatic rings. The fourth-order valence-electron chi connectivity index (χ4n) is 1.79. The van der Waals surface area contributed by atoms with Gasteiger partial charge in [-0.05, 0) is 17.7 Å². The van der Waals surface area contributed by atoms with Crippen LogP contribution in [0.5, 0.6) is 0 Å². The van der Waals surface area contributed by atoms with Crippen LogP contribution in [-0.2, 0) is 6.54 Å². The van der Waals surface area contributed by atoms with E-state index >= 15 is 0 Å². The number of rotatable bonds is 4. The second-order valence-corrected chi connectivity index (χ2v) is 4.72. The standard InChI is InChI=1S/C14H14FN3O3/c1-17(2)10-6-13(19)18(16-7-10)8-9-3-4-11(14(20)21)12(15)5-9/h3-7H,8H2,1-2H3,(H,20,21). The Morgan fingerprint density at radius 2 is 2.10 bits per heavy atom. The summed E-state index contributed by atoms with van der Waals surface area (Å²) in [6.07, 6.45) is 1.53. The summed E-state index contributed by atoms with van der Waals surface area (Å²) in [4.78, 5) is 24.4. The number of aromatic nitrogens is 2. The number of hydrogen-bond acceptors (Lipinski definition) is 4. The summed E-state index contributed by atoms with van der Waals surface area (Å²) in [6.45, 7) is 0.0728. The maximum Gasteiger partial charge on any atom is 0.338 e. The van der Waals surface area contributed by atoms with Crippen LogP contribution in [0.15, 0.2) is 35.3 Å². The fraction of sp³-hybridized carbons (Fsp3) is 0.214. The molecule has 0 amide bonds. The van der Waals surface area contributed by atoms with Crippen molar-refractivity contribution in [2.75, 3.05) is 19.0 Å². The van der Waals surface area contributed by atoms with Crippen molar-refractivity contribution in [1.82, 2.24) is 9.78 Å². The van der Waals surface area contributed by atoms with Crippen LogP contribution in [0, 0.1) is 5.82 Å². The van der Waals surface area contributed by atoms with Crippen LogP contribution in [0.25, 0.3) is 0 Å². The Labute approximate surface area is 120 Å². The summed E-state index contributed by atoms with van der Waals surface area (Å²) in [6, 6.07) is 5.15. The Balaban J connectivity index is 2.28.